The molecule has 0 radical (unpaired) electrons. The first kappa shape index (κ1) is 11.4. The van der Waals surface area contributed by atoms with Crippen LogP contribution in [-0.2, 0) is 6.42 Å². The zero-order valence-corrected chi connectivity index (χ0v) is 9.62. The van der Waals surface area contributed by atoms with Crippen molar-refractivity contribution in [3.8, 4) is 11.5 Å². The molecule has 0 spiro atoms. The molecule has 0 fully saturated rings. The van der Waals surface area contributed by atoms with Crippen molar-refractivity contribution in [2.45, 2.75) is 20.3 Å². The van der Waals surface area contributed by atoms with E-state index in [9.17, 15) is 9.18 Å². The van der Waals surface area contributed by atoms with Crippen LogP contribution in [0.2, 0.25) is 0 Å². The van der Waals surface area contributed by atoms with E-state index in [4.69, 9.17) is 0 Å². The first-order chi connectivity index (χ1) is 8.13. The molecule has 17 heavy (non-hydrogen) atoms. The van der Waals surface area contributed by atoms with Crippen LogP contribution in [0.5, 0.6) is 0 Å². The zero-order chi connectivity index (χ0) is 12.4. The maximum atomic E-state index is 13.2. The summed E-state index contributed by atoms with van der Waals surface area (Å²) < 4.78 is 13.2. The molecule has 2 heterocycles. The van der Waals surface area contributed by atoms with Crippen molar-refractivity contribution in [3.05, 3.63) is 45.8 Å². The van der Waals surface area contributed by atoms with Gasteiger partial charge in [-0.15, -0.1) is 0 Å². The van der Waals surface area contributed by atoms with Gasteiger partial charge in [0.2, 0.25) is 5.82 Å². The van der Waals surface area contributed by atoms with E-state index in [1.165, 1.54) is 6.92 Å². The summed E-state index contributed by atoms with van der Waals surface area (Å²) in [5.41, 5.74) is 0.869. The first-order valence-corrected chi connectivity index (χ1v) is 5.34. The highest BCUT2D eigenvalue weighted by molar-refractivity contribution is 5.54. The van der Waals surface area contributed by atoms with Crippen molar-refractivity contribution < 1.29 is 4.39 Å². The molecule has 0 atom stereocenters. The Hall–Kier alpha value is -2.04. The minimum absolute atomic E-state index is 0.0801. The predicted octanol–water partition coefficient (Wildman–Crippen LogP) is 1.84. The van der Waals surface area contributed by atoms with Crippen molar-refractivity contribution in [3.63, 3.8) is 0 Å². The summed E-state index contributed by atoms with van der Waals surface area (Å²) in [6.45, 7) is 3.44. The van der Waals surface area contributed by atoms with Gasteiger partial charge in [-0.25, -0.2) is 4.98 Å². The molecule has 2 aromatic heterocycles. The highest BCUT2D eigenvalue weighted by atomic mass is 19.1. The van der Waals surface area contributed by atoms with Gasteiger partial charge in [0.1, 0.15) is 5.69 Å². The molecule has 1 N–H and O–H groups in total. The summed E-state index contributed by atoms with van der Waals surface area (Å²) in [5, 5.41) is 0. The van der Waals surface area contributed by atoms with Crippen LogP contribution in [0.1, 0.15) is 18.2 Å². The van der Waals surface area contributed by atoms with E-state index in [0.717, 1.165) is 12.0 Å². The largest absolute Gasteiger partial charge is 0.303 e. The van der Waals surface area contributed by atoms with Gasteiger partial charge in [0, 0.05) is 6.20 Å². The second-order valence-electron chi connectivity index (χ2n) is 3.68. The number of rotatable bonds is 2. The Bertz CT molecular complexity index is 607. The molecule has 0 unspecified atom stereocenters. The highest BCUT2D eigenvalue weighted by Gasteiger charge is 2.11. The SMILES string of the molecule is CCc1cccnc1-c1nc(C)c(F)c(=O)[nH]1. The van der Waals surface area contributed by atoms with Crippen LogP contribution >= 0.6 is 0 Å². The Kier molecular flexibility index (Phi) is 2.99. The average molecular weight is 233 g/mol. The molecule has 0 aromatic carbocycles. The summed E-state index contributed by atoms with van der Waals surface area (Å²) in [7, 11) is 0. The summed E-state index contributed by atoms with van der Waals surface area (Å²) in [6.07, 6.45) is 2.39. The smallest absolute Gasteiger partial charge is 0.287 e. The molecule has 0 aliphatic heterocycles. The highest BCUT2D eigenvalue weighted by Crippen LogP contribution is 2.17. The summed E-state index contributed by atoms with van der Waals surface area (Å²) in [4.78, 5) is 21.9. The summed E-state index contributed by atoms with van der Waals surface area (Å²) >= 11 is 0. The minimum Gasteiger partial charge on any atom is -0.303 e. The van der Waals surface area contributed by atoms with Gasteiger partial charge < -0.3 is 4.98 Å². The van der Waals surface area contributed by atoms with E-state index >= 15 is 0 Å². The van der Waals surface area contributed by atoms with Crippen LogP contribution in [-0.4, -0.2) is 15.0 Å². The molecular weight excluding hydrogens is 221 g/mol. The molecule has 2 rings (SSSR count). The molecule has 88 valence electrons. The van der Waals surface area contributed by atoms with E-state index in [1.54, 1.807) is 6.20 Å². The fourth-order valence-electron chi connectivity index (χ4n) is 1.62. The number of nitrogens with zero attached hydrogens (tertiary/aromatic N) is 2. The molecule has 0 amide bonds. The Morgan fingerprint density at radius 3 is 2.88 bits per heavy atom. The lowest BCUT2D eigenvalue weighted by Gasteiger charge is -2.06. The van der Waals surface area contributed by atoms with Gasteiger partial charge in [0.15, 0.2) is 5.82 Å². The van der Waals surface area contributed by atoms with Crippen LogP contribution in [0.4, 0.5) is 4.39 Å². The van der Waals surface area contributed by atoms with Crippen molar-refractivity contribution in [2.75, 3.05) is 0 Å². The molecule has 0 aliphatic rings. The normalized spacial score (nSPS) is 10.5. The standard InChI is InChI=1S/C12H12FN3O/c1-3-8-5-4-6-14-10(8)11-15-7(2)9(13)12(17)16-11/h4-6H,3H2,1-2H3,(H,15,16,17). The molecule has 0 aliphatic carbocycles. The summed E-state index contributed by atoms with van der Waals surface area (Å²) in [6, 6.07) is 3.72. The van der Waals surface area contributed by atoms with Crippen molar-refractivity contribution in [1.82, 2.24) is 15.0 Å². The van der Waals surface area contributed by atoms with E-state index < -0.39 is 11.4 Å². The Morgan fingerprint density at radius 1 is 1.47 bits per heavy atom. The van der Waals surface area contributed by atoms with Gasteiger partial charge in [0.25, 0.3) is 5.56 Å². The number of halogens is 1. The maximum absolute atomic E-state index is 13.2. The molecule has 0 bridgehead atoms. The van der Waals surface area contributed by atoms with Crippen LogP contribution in [0, 0.1) is 12.7 Å². The lowest BCUT2D eigenvalue weighted by molar-refractivity contribution is 0.589. The molecular formula is C12H12FN3O. The molecule has 2 aromatic rings. The van der Waals surface area contributed by atoms with Crippen LogP contribution in [0.15, 0.2) is 23.1 Å². The third-order valence-corrected chi connectivity index (χ3v) is 2.52. The third-order valence-electron chi connectivity index (χ3n) is 2.52. The zero-order valence-electron chi connectivity index (χ0n) is 9.62. The molecule has 0 saturated carbocycles. The van der Waals surface area contributed by atoms with E-state index in [1.807, 2.05) is 19.1 Å². The number of H-pyrrole nitrogens is 1. The lowest BCUT2D eigenvalue weighted by atomic mass is 10.1. The number of nitrogens with one attached hydrogen (secondary N) is 1. The average Bonchev–Trinajstić information content (AvgIpc) is 2.35. The maximum Gasteiger partial charge on any atom is 0.287 e. The van der Waals surface area contributed by atoms with Gasteiger partial charge in [-0.3, -0.25) is 9.78 Å². The number of aromatic amines is 1. The second-order valence-corrected chi connectivity index (χ2v) is 3.68. The first-order valence-electron chi connectivity index (χ1n) is 5.34. The number of aromatic nitrogens is 3. The van der Waals surface area contributed by atoms with E-state index in [2.05, 4.69) is 15.0 Å². The van der Waals surface area contributed by atoms with Crippen LogP contribution < -0.4 is 5.56 Å². The fourth-order valence-corrected chi connectivity index (χ4v) is 1.62. The minimum atomic E-state index is -0.845. The number of hydrogen-bond acceptors (Lipinski definition) is 3. The number of hydrogen-bond donors (Lipinski definition) is 1. The molecule has 4 nitrogen and oxygen atoms in total. The van der Waals surface area contributed by atoms with Gasteiger partial charge in [0.05, 0.1) is 5.69 Å². The molecule has 0 saturated heterocycles. The van der Waals surface area contributed by atoms with Crippen molar-refractivity contribution >= 4 is 0 Å². The number of aryl methyl sites for hydroxylation is 2. The van der Waals surface area contributed by atoms with Gasteiger partial charge >= 0.3 is 0 Å². The van der Waals surface area contributed by atoms with E-state index in [-0.39, 0.29) is 5.69 Å². The van der Waals surface area contributed by atoms with Crippen molar-refractivity contribution in [2.24, 2.45) is 0 Å². The topological polar surface area (TPSA) is 58.6 Å². The van der Waals surface area contributed by atoms with Crippen LogP contribution in [0.3, 0.4) is 0 Å². The van der Waals surface area contributed by atoms with Gasteiger partial charge in [-0.05, 0) is 25.0 Å². The Balaban J connectivity index is 2.65. The quantitative estimate of drug-likeness (QED) is 0.861. The van der Waals surface area contributed by atoms with Crippen molar-refractivity contribution in [1.29, 1.82) is 0 Å². The second kappa shape index (κ2) is 4.45. The fraction of sp³-hybridized carbons (Fsp3) is 0.250. The van der Waals surface area contributed by atoms with E-state index in [0.29, 0.717) is 11.5 Å². The lowest BCUT2D eigenvalue weighted by Crippen LogP contribution is -2.16. The predicted molar refractivity (Wildman–Crippen MR) is 62.2 cm³/mol. The Morgan fingerprint density at radius 2 is 2.24 bits per heavy atom. The third kappa shape index (κ3) is 2.08. The number of pyridine rings is 1. The monoisotopic (exact) mass is 233 g/mol. The molecule has 5 heteroatoms. The van der Waals surface area contributed by atoms with Crippen LogP contribution in [0.25, 0.3) is 11.5 Å². The Labute approximate surface area is 97.6 Å². The van der Waals surface area contributed by atoms with Gasteiger partial charge in [-0.1, -0.05) is 13.0 Å². The summed E-state index contributed by atoms with van der Waals surface area (Å²) in [5.74, 6) is -0.533. The van der Waals surface area contributed by atoms with Gasteiger partial charge in [-0.2, -0.15) is 4.39 Å².